The molecule has 1 aromatic heterocycles. The summed E-state index contributed by atoms with van der Waals surface area (Å²) in [5.74, 6) is 0.641. The standard InChI is InChI=1S/C4H7N5.ClH/c5-4(1-2-4)3-6-8-9-7-3;/h1-2,5H2,(H,6,7,8,9);1H. The predicted octanol–water partition coefficient (Wildman–Crippen LogP) is -0.431. The van der Waals surface area contributed by atoms with Crippen LogP contribution in [-0.2, 0) is 5.54 Å². The molecular formula is C4H8ClN5. The minimum Gasteiger partial charge on any atom is -0.319 e. The molecule has 10 heavy (non-hydrogen) atoms. The number of hydrogen-bond acceptors (Lipinski definition) is 4. The van der Waals surface area contributed by atoms with E-state index in [2.05, 4.69) is 20.6 Å². The highest BCUT2D eigenvalue weighted by Gasteiger charge is 2.43. The van der Waals surface area contributed by atoms with Crippen molar-refractivity contribution in [1.82, 2.24) is 20.6 Å². The molecule has 1 fully saturated rings. The summed E-state index contributed by atoms with van der Waals surface area (Å²) in [5.41, 5.74) is 5.48. The molecule has 1 heterocycles. The average Bonchev–Trinajstić information content (AvgIpc) is 2.46. The summed E-state index contributed by atoms with van der Waals surface area (Å²) in [6.07, 6.45) is 1.96. The molecule has 1 aliphatic rings. The Morgan fingerprint density at radius 3 is 2.60 bits per heavy atom. The van der Waals surface area contributed by atoms with Crippen LogP contribution in [0.3, 0.4) is 0 Å². The van der Waals surface area contributed by atoms with Crippen LogP contribution < -0.4 is 5.73 Å². The van der Waals surface area contributed by atoms with Gasteiger partial charge >= 0.3 is 0 Å². The summed E-state index contributed by atoms with van der Waals surface area (Å²) in [5, 5.41) is 13.3. The number of rotatable bonds is 1. The Kier molecular flexibility index (Phi) is 1.61. The molecule has 0 saturated heterocycles. The van der Waals surface area contributed by atoms with Gasteiger partial charge in [-0.1, -0.05) is 5.21 Å². The summed E-state index contributed by atoms with van der Waals surface area (Å²) in [6.45, 7) is 0. The van der Waals surface area contributed by atoms with E-state index >= 15 is 0 Å². The van der Waals surface area contributed by atoms with Gasteiger partial charge in [0.2, 0.25) is 0 Å². The van der Waals surface area contributed by atoms with Gasteiger partial charge in [-0.2, -0.15) is 5.21 Å². The van der Waals surface area contributed by atoms with E-state index < -0.39 is 0 Å². The zero-order valence-electron chi connectivity index (χ0n) is 5.24. The SMILES string of the molecule is Cl.NC1(c2nn[nH]n2)CC1. The van der Waals surface area contributed by atoms with Crippen molar-refractivity contribution in [3.8, 4) is 0 Å². The van der Waals surface area contributed by atoms with Gasteiger partial charge in [-0.15, -0.1) is 22.6 Å². The highest BCUT2D eigenvalue weighted by atomic mass is 35.5. The van der Waals surface area contributed by atoms with E-state index in [1.54, 1.807) is 0 Å². The van der Waals surface area contributed by atoms with Gasteiger partial charge < -0.3 is 5.73 Å². The molecule has 0 bridgehead atoms. The Labute approximate surface area is 63.8 Å². The van der Waals surface area contributed by atoms with Crippen LogP contribution in [-0.4, -0.2) is 20.6 Å². The summed E-state index contributed by atoms with van der Waals surface area (Å²) in [4.78, 5) is 0. The third kappa shape index (κ3) is 0.975. The lowest BCUT2D eigenvalue weighted by atomic mass is 10.3. The molecular weight excluding hydrogens is 154 g/mol. The molecule has 3 N–H and O–H groups in total. The first kappa shape index (κ1) is 7.43. The van der Waals surface area contributed by atoms with Gasteiger partial charge in [-0.05, 0) is 12.8 Å². The number of tetrazole rings is 1. The second-order valence-electron chi connectivity index (χ2n) is 2.39. The van der Waals surface area contributed by atoms with Gasteiger partial charge in [-0.3, -0.25) is 0 Å². The van der Waals surface area contributed by atoms with E-state index in [-0.39, 0.29) is 17.9 Å². The second-order valence-corrected chi connectivity index (χ2v) is 2.39. The number of aromatic nitrogens is 4. The topological polar surface area (TPSA) is 80.5 Å². The molecule has 0 unspecified atom stereocenters. The second kappa shape index (κ2) is 2.17. The first-order valence-corrected chi connectivity index (χ1v) is 2.84. The maximum Gasteiger partial charge on any atom is 0.194 e. The van der Waals surface area contributed by atoms with Crippen LogP contribution in [0.4, 0.5) is 0 Å². The number of nitrogens with one attached hydrogen (secondary N) is 1. The van der Waals surface area contributed by atoms with E-state index in [1.165, 1.54) is 0 Å². The number of nitrogens with two attached hydrogens (primary N) is 1. The molecule has 6 heteroatoms. The Hall–Kier alpha value is -0.680. The maximum atomic E-state index is 5.73. The minimum absolute atomic E-state index is 0. The fourth-order valence-corrected chi connectivity index (χ4v) is 0.731. The lowest BCUT2D eigenvalue weighted by molar-refractivity contribution is 0.674. The van der Waals surface area contributed by atoms with E-state index in [0.717, 1.165) is 12.8 Å². The molecule has 0 amide bonds. The van der Waals surface area contributed by atoms with E-state index in [0.29, 0.717) is 5.82 Å². The van der Waals surface area contributed by atoms with E-state index in [1.807, 2.05) is 0 Å². The summed E-state index contributed by atoms with van der Waals surface area (Å²) in [7, 11) is 0. The van der Waals surface area contributed by atoms with Gasteiger partial charge in [0.1, 0.15) is 0 Å². The number of halogens is 1. The minimum atomic E-state index is -0.243. The summed E-state index contributed by atoms with van der Waals surface area (Å²) >= 11 is 0. The van der Waals surface area contributed by atoms with Crippen molar-refractivity contribution in [2.24, 2.45) is 5.73 Å². The fraction of sp³-hybridized carbons (Fsp3) is 0.750. The van der Waals surface area contributed by atoms with Gasteiger partial charge in [-0.25, -0.2) is 0 Å². The number of hydrogen-bond donors (Lipinski definition) is 2. The van der Waals surface area contributed by atoms with Gasteiger partial charge in [0.05, 0.1) is 5.54 Å². The normalized spacial score (nSPS) is 19.7. The lowest BCUT2D eigenvalue weighted by Crippen LogP contribution is -2.20. The Bertz CT molecular complexity index is 203. The molecule has 5 nitrogen and oxygen atoms in total. The fourth-order valence-electron chi connectivity index (χ4n) is 0.731. The predicted molar refractivity (Wildman–Crippen MR) is 36.5 cm³/mol. The van der Waals surface area contributed by atoms with Gasteiger partial charge in [0.25, 0.3) is 0 Å². The third-order valence-corrected chi connectivity index (χ3v) is 1.58. The van der Waals surface area contributed by atoms with E-state index in [9.17, 15) is 0 Å². The highest BCUT2D eigenvalue weighted by Crippen LogP contribution is 2.39. The van der Waals surface area contributed by atoms with Crippen molar-refractivity contribution in [2.75, 3.05) is 0 Å². The Balaban J connectivity index is 0.000000500. The molecule has 0 aromatic carbocycles. The smallest absolute Gasteiger partial charge is 0.194 e. The first-order chi connectivity index (χ1) is 4.31. The zero-order chi connectivity index (χ0) is 6.32. The first-order valence-electron chi connectivity index (χ1n) is 2.84. The molecule has 0 radical (unpaired) electrons. The lowest BCUT2D eigenvalue weighted by Gasteiger charge is -1.96. The van der Waals surface area contributed by atoms with Crippen LogP contribution in [0.25, 0.3) is 0 Å². The van der Waals surface area contributed by atoms with Crippen molar-refractivity contribution in [1.29, 1.82) is 0 Å². The van der Waals surface area contributed by atoms with Gasteiger partial charge in [0, 0.05) is 0 Å². The van der Waals surface area contributed by atoms with Crippen LogP contribution >= 0.6 is 12.4 Å². The zero-order valence-corrected chi connectivity index (χ0v) is 6.06. The molecule has 1 aliphatic carbocycles. The average molecular weight is 162 g/mol. The van der Waals surface area contributed by atoms with Crippen LogP contribution in [0.1, 0.15) is 18.7 Å². The van der Waals surface area contributed by atoms with Gasteiger partial charge in [0.15, 0.2) is 5.82 Å². The molecule has 2 rings (SSSR count). The quantitative estimate of drug-likeness (QED) is 0.586. The molecule has 1 saturated carbocycles. The number of H-pyrrole nitrogens is 1. The Morgan fingerprint density at radius 1 is 1.50 bits per heavy atom. The molecule has 0 spiro atoms. The monoisotopic (exact) mass is 161 g/mol. The Morgan fingerprint density at radius 2 is 2.20 bits per heavy atom. The summed E-state index contributed by atoms with van der Waals surface area (Å²) in [6, 6.07) is 0. The largest absolute Gasteiger partial charge is 0.319 e. The van der Waals surface area contributed by atoms with Crippen LogP contribution in [0.5, 0.6) is 0 Å². The molecule has 1 aromatic rings. The van der Waals surface area contributed by atoms with Crippen LogP contribution in [0.2, 0.25) is 0 Å². The summed E-state index contributed by atoms with van der Waals surface area (Å²) < 4.78 is 0. The highest BCUT2D eigenvalue weighted by molar-refractivity contribution is 5.85. The number of aromatic amines is 1. The maximum absolute atomic E-state index is 5.73. The van der Waals surface area contributed by atoms with Crippen molar-refractivity contribution in [2.45, 2.75) is 18.4 Å². The van der Waals surface area contributed by atoms with Crippen LogP contribution in [0.15, 0.2) is 0 Å². The molecule has 0 atom stereocenters. The van der Waals surface area contributed by atoms with Crippen LogP contribution in [0, 0.1) is 0 Å². The molecule has 56 valence electrons. The van der Waals surface area contributed by atoms with Crippen molar-refractivity contribution in [3.05, 3.63) is 5.82 Å². The van der Waals surface area contributed by atoms with Crippen molar-refractivity contribution >= 4 is 12.4 Å². The van der Waals surface area contributed by atoms with E-state index in [4.69, 9.17) is 5.73 Å². The molecule has 0 aliphatic heterocycles. The third-order valence-electron chi connectivity index (χ3n) is 1.58. The number of nitrogens with zero attached hydrogens (tertiary/aromatic N) is 3. The van der Waals surface area contributed by atoms with Crippen molar-refractivity contribution in [3.63, 3.8) is 0 Å². The van der Waals surface area contributed by atoms with Crippen molar-refractivity contribution < 1.29 is 0 Å².